The van der Waals surface area contributed by atoms with Crippen LogP contribution in [0.2, 0.25) is 0 Å². The minimum Gasteiger partial charge on any atom is -0.496 e. The number of alkyl halides is 3. The minimum absolute atomic E-state index is 0.0165. The first kappa shape index (κ1) is 29.0. The van der Waals surface area contributed by atoms with Crippen molar-refractivity contribution in [1.82, 2.24) is 4.90 Å². The Balaban J connectivity index is 1.74. The van der Waals surface area contributed by atoms with E-state index in [4.69, 9.17) is 9.47 Å². The molecular weight excluding hydrogens is 510 g/mol. The number of methoxy groups -OCH3 is 1. The maximum absolute atomic E-state index is 14.8. The van der Waals surface area contributed by atoms with Gasteiger partial charge in [-0.3, -0.25) is 4.90 Å². The molecule has 0 radical (unpaired) electrons. The average Bonchev–Trinajstić information content (AvgIpc) is 3.11. The fourth-order valence-electron chi connectivity index (χ4n) is 5.81. The topological polar surface area (TPSA) is 38.8 Å². The first-order valence-corrected chi connectivity index (χ1v) is 13.4. The summed E-state index contributed by atoms with van der Waals surface area (Å²) in [5, 5.41) is 0. The van der Waals surface area contributed by atoms with E-state index in [-0.39, 0.29) is 23.7 Å². The second kappa shape index (κ2) is 10.5. The molecule has 212 valence electrons. The molecule has 0 saturated carbocycles. The molecule has 2 aromatic carbocycles. The smallest absolute Gasteiger partial charge is 0.416 e. The second-order valence-corrected chi connectivity index (χ2v) is 12.0. The van der Waals surface area contributed by atoms with Gasteiger partial charge in [0.2, 0.25) is 0 Å². The van der Waals surface area contributed by atoms with Crippen LogP contribution in [0.4, 0.5) is 22.4 Å². The molecule has 0 aromatic heterocycles. The Morgan fingerprint density at radius 2 is 1.85 bits per heavy atom. The highest BCUT2D eigenvalue weighted by atomic mass is 19.4. The van der Waals surface area contributed by atoms with Crippen LogP contribution in [0.25, 0.3) is 5.57 Å². The average molecular weight is 548 g/mol. The largest absolute Gasteiger partial charge is 0.496 e. The van der Waals surface area contributed by atoms with Crippen LogP contribution in [0.15, 0.2) is 35.9 Å². The lowest BCUT2D eigenvalue weighted by Crippen LogP contribution is -2.35. The Morgan fingerprint density at radius 1 is 1.15 bits per heavy atom. The normalized spacial score (nSPS) is 21.5. The molecule has 0 N–H and O–H groups in total. The van der Waals surface area contributed by atoms with Crippen LogP contribution in [0.3, 0.4) is 0 Å². The van der Waals surface area contributed by atoms with Crippen LogP contribution in [0.5, 0.6) is 5.75 Å². The van der Waals surface area contributed by atoms with Crippen molar-refractivity contribution < 1.29 is 31.8 Å². The monoisotopic (exact) mass is 547 g/mol. The van der Waals surface area contributed by atoms with E-state index in [0.717, 1.165) is 41.7 Å². The summed E-state index contributed by atoms with van der Waals surface area (Å²) in [6.45, 7) is 11.9. The predicted molar refractivity (Wildman–Crippen MR) is 143 cm³/mol. The van der Waals surface area contributed by atoms with Gasteiger partial charge in [0.25, 0.3) is 0 Å². The fourth-order valence-corrected chi connectivity index (χ4v) is 5.81. The highest BCUT2D eigenvalue weighted by Crippen LogP contribution is 2.46. The molecule has 1 aliphatic carbocycles. The number of rotatable bonds is 6. The number of ether oxygens (including phenoxy) is 2. The zero-order chi connectivity index (χ0) is 28.9. The van der Waals surface area contributed by atoms with Crippen molar-refractivity contribution in [2.24, 2.45) is 5.41 Å². The summed E-state index contributed by atoms with van der Waals surface area (Å²) < 4.78 is 66.5. The van der Waals surface area contributed by atoms with E-state index in [1.807, 2.05) is 19.9 Å². The summed E-state index contributed by atoms with van der Waals surface area (Å²) in [5.41, 5.74) is 3.45. The number of aryl methyl sites for hydroxylation is 1. The standard InChI is InChI=1S/C31H37F4NO3/c1-17(2)24-13-25(27(38-7)14-26(24)32)23-8-9-30(5,6)15-21(23)16-36-19(4)28(39-29(36)37)20-10-18(3)11-22(12-20)31(33,34)35/h10-14,17,19,28H,8-9,15-16H2,1-7H3/t19-,28-/m1/s1. The van der Waals surface area contributed by atoms with Gasteiger partial charge in [0.15, 0.2) is 0 Å². The number of nitrogens with zero attached hydrogens (tertiary/aromatic N) is 1. The molecule has 2 aliphatic rings. The van der Waals surface area contributed by atoms with Crippen molar-refractivity contribution in [2.75, 3.05) is 13.7 Å². The van der Waals surface area contributed by atoms with Gasteiger partial charge >= 0.3 is 12.3 Å². The SMILES string of the molecule is COc1cc(F)c(C(C)C)cc1C1=C(CN2C(=O)O[C@@H](c3cc(C)cc(C(F)(F)F)c3)[C@H]2C)CC(C)(C)CC1. The number of cyclic esters (lactones) is 1. The van der Waals surface area contributed by atoms with Gasteiger partial charge in [-0.15, -0.1) is 0 Å². The molecule has 2 atom stereocenters. The van der Waals surface area contributed by atoms with Crippen LogP contribution in [-0.2, 0) is 10.9 Å². The van der Waals surface area contributed by atoms with E-state index < -0.39 is 30.0 Å². The van der Waals surface area contributed by atoms with Crippen molar-refractivity contribution in [1.29, 1.82) is 0 Å². The molecule has 1 heterocycles. The molecule has 4 rings (SSSR count). The Hall–Kier alpha value is -3.03. The van der Waals surface area contributed by atoms with E-state index in [1.54, 1.807) is 24.8 Å². The van der Waals surface area contributed by atoms with Crippen molar-refractivity contribution >= 4 is 11.7 Å². The highest BCUT2D eigenvalue weighted by molar-refractivity contribution is 5.77. The number of hydrogen-bond acceptors (Lipinski definition) is 3. The van der Waals surface area contributed by atoms with Gasteiger partial charge in [0, 0.05) is 18.2 Å². The summed E-state index contributed by atoms with van der Waals surface area (Å²) >= 11 is 0. The minimum atomic E-state index is -4.50. The lowest BCUT2D eigenvalue weighted by Gasteiger charge is -2.36. The lowest BCUT2D eigenvalue weighted by atomic mass is 9.72. The summed E-state index contributed by atoms with van der Waals surface area (Å²) in [7, 11) is 1.52. The number of carbonyl (C=O) groups is 1. The summed E-state index contributed by atoms with van der Waals surface area (Å²) in [6.07, 6.45) is -3.53. The molecular formula is C31H37F4NO3. The van der Waals surface area contributed by atoms with Gasteiger partial charge in [-0.05, 0) is 84.9 Å². The van der Waals surface area contributed by atoms with Crippen molar-refractivity contribution in [2.45, 2.75) is 85.0 Å². The number of allylic oxidation sites excluding steroid dienone is 1. The predicted octanol–water partition coefficient (Wildman–Crippen LogP) is 8.83. The number of hydrogen-bond donors (Lipinski definition) is 0. The molecule has 2 aromatic rings. The molecule has 1 aliphatic heterocycles. The Bertz CT molecular complexity index is 1300. The third-order valence-electron chi connectivity index (χ3n) is 7.95. The number of benzene rings is 2. The molecule has 8 heteroatoms. The van der Waals surface area contributed by atoms with E-state index in [0.29, 0.717) is 28.9 Å². The zero-order valence-corrected chi connectivity index (χ0v) is 23.6. The van der Waals surface area contributed by atoms with Gasteiger partial charge in [0.1, 0.15) is 17.7 Å². The quantitative estimate of drug-likeness (QED) is 0.339. The maximum Gasteiger partial charge on any atom is 0.416 e. The van der Waals surface area contributed by atoms with E-state index in [9.17, 15) is 22.4 Å². The molecule has 0 bridgehead atoms. The second-order valence-electron chi connectivity index (χ2n) is 12.0. The van der Waals surface area contributed by atoms with E-state index in [2.05, 4.69) is 13.8 Å². The maximum atomic E-state index is 14.8. The summed E-state index contributed by atoms with van der Waals surface area (Å²) in [4.78, 5) is 14.7. The van der Waals surface area contributed by atoms with Gasteiger partial charge in [-0.2, -0.15) is 13.2 Å². The van der Waals surface area contributed by atoms with Gasteiger partial charge < -0.3 is 9.47 Å². The Kier molecular flexibility index (Phi) is 7.80. The number of amides is 1. The summed E-state index contributed by atoms with van der Waals surface area (Å²) in [6, 6.07) is 6.58. The lowest BCUT2D eigenvalue weighted by molar-refractivity contribution is -0.137. The first-order chi connectivity index (χ1) is 18.1. The van der Waals surface area contributed by atoms with Gasteiger partial charge in [0.05, 0.1) is 18.7 Å². The van der Waals surface area contributed by atoms with Crippen LogP contribution in [0.1, 0.15) is 93.7 Å². The Morgan fingerprint density at radius 3 is 2.46 bits per heavy atom. The number of carbonyl (C=O) groups excluding carboxylic acids is 1. The molecule has 1 saturated heterocycles. The molecule has 1 amide bonds. The van der Waals surface area contributed by atoms with Crippen LogP contribution >= 0.6 is 0 Å². The fraction of sp³-hybridized carbons (Fsp3) is 0.516. The first-order valence-electron chi connectivity index (χ1n) is 13.4. The molecule has 0 unspecified atom stereocenters. The summed E-state index contributed by atoms with van der Waals surface area (Å²) in [5.74, 6) is 0.0994. The third-order valence-corrected chi connectivity index (χ3v) is 7.95. The van der Waals surface area contributed by atoms with Crippen LogP contribution < -0.4 is 4.74 Å². The number of halogens is 4. The van der Waals surface area contributed by atoms with Crippen LogP contribution in [-0.4, -0.2) is 30.7 Å². The highest BCUT2D eigenvalue weighted by Gasteiger charge is 2.42. The molecule has 1 fully saturated rings. The molecule has 0 spiro atoms. The van der Waals surface area contributed by atoms with Crippen LogP contribution in [0, 0.1) is 18.2 Å². The third kappa shape index (κ3) is 5.94. The Labute approximate surface area is 228 Å². The van der Waals surface area contributed by atoms with E-state index in [1.165, 1.54) is 13.2 Å². The van der Waals surface area contributed by atoms with Crippen molar-refractivity contribution in [3.8, 4) is 5.75 Å². The molecule has 39 heavy (non-hydrogen) atoms. The van der Waals surface area contributed by atoms with Gasteiger partial charge in [-0.1, -0.05) is 39.3 Å². The zero-order valence-electron chi connectivity index (χ0n) is 23.6. The van der Waals surface area contributed by atoms with Crippen molar-refractivity contribution in [3.63, 3.8) is 0 Å². The molecule has 4 nitrogen and oxygen atoms in total. The van der Waals surface area contributed by atoms with E-state index >= 15 is 0 Å². The van der Waals surface area contributed by atoms with Gasteiger partial charge in [-0.25, -0.2) is 9.18 Å². The van der Waals surface area contributed by atoms with Crippen molar-refractivity contribution in [3.05, 3.63) is 69.5 Å².